The monoisotopic (exact) mass is 466 g/mol. The molecule has 1 unspecified atom stereocenters. The first-order valence-electron chi connectivity index (χ1n) is 12.9. The Morgan fingerprint density at radius 3 is 2.31 bits per heavy atom. The number of carbonyl (C=O) groups excluding carboxylic acids is 1. The molecule has 0 bridgehead atoms. The normalized spacial score (nSPS) is 19.2. The second kappa shape index (κ2) is 13.1. The van der Waals surface area contributed by atoms with Crippen LogP contribution in [0.1, 0.15) is 118 Å². The van der Waals surface area contributed by atoms with E-state index in [1.807, 2.05) is 0 Å². The molecule has 0 aliphatic heterocycles. The second-order valence-corrected chi connectivity index (χ2v) is 16.3. The van der Waals surface area contributed by atoms with Gasteiger partial charge in [0.1, 0.15) is 5.78 Å². The maximum absolute atomic E-state index is 12.5. The first-order chi connectivity index (χ1) is 14.8. The first kappa shape index (κ1) is 29.1. The van der Waals surface area contributed by atoms with E-state index >= 15 is 0 Å². The Bertz CT molecular complexity index is 632. The molecule has 4 nitrogen and oxygen atoms in total. The molecular weight excluding hydrogens is 416 g/mol. The van der Waals surface area contributed by atoms with Crippen LogP contribution in [-0.2, 0) is 14.0 Å². The Morgan fingerprint density at radius 1 is 1.06 bits per heavy atom. The number of Topliss-reactive ketones (excluding diaryl/α,β-unsaturated/α-hetero) is 1. The van der Waals surface area contributed by atoms with Gasteiger partial charge in [-0.05, 0) is 57.2 Å². The largest absolute Gasteiger partial charge is 0.481 e. The Hall–Kier alpha value is -0.943. The van der Waals surface area contributed by atoms with Crippen LogP contribution in [0, 0.1) is 5.92 Å². The summed E-state index contributed by atoms with van der Waals surface area (Å²) in [5, 5.41) is 8.95. The van der Waals surface area contributed by atoms with Gasteiger partial charge in [-0.15, -0.1) is 0 Å². The van der Waals surface area contributed by atoms with E-state index in [0.29, 0.717) is 12.2 Å². The SMILES string of the molecule is CCCCCC(C)(CCC1=CCC(=O)[C@@H]1CCCCCCC(=O)O)O[Si](C)(C)C(C)(C)C. The molecule has 32 heavy (non-hydrogen) atoms. The third kappa shape index (κ3) is 9.90. The van der Waals surface area contributed by atoms with E-state index in [0.717, 1.165) is 51.4 Å². The van der Waals surface area contributed by atoms with Crippen molar-refractivity contribution in [2.45, 2.75) is 142 Å². The van der Waals surface area contributed by atoms with Crippen LogP contribution in [0.3, 0.4) is 0 Å². The molecule has 5 heteroatoms. The molecule has 0 radical (unpaired) electrons. The smallest absolute Gasteiger partial charge is 0.303 e. The average Bonchev–Trinajstić information content (AvgIpc) is 3.01. The maximum Gasteiger partial charge on any atom is 0.303 e. The predicted octanol–water partition coefficient (Wildman–Crippen LogP) is 8.07. The zero-order chi connectivity index (χ0) is 24.4. The minimum atomic E-state index is -1.88. The number of aliphatic carboxylic acids is 1. The number of hydrogen-bond donors (Lipinski definition) is 1. The van der Waals surface area contributed by atoms with E-state index in [-0.39, 0.29) is 23.0 Å². The Labute approximate surface area is 198 Å². The summed E-state index contributed by atoms with van der Waals surface area (Å²) in [7, 11) is -1.88. The zero-order valence-corrected chi connectivity index (χ0v) is 23.0. The Morgan fingerprint density at radius 2 is 1.72 bits per heavy atom. The minimum absolute atomic E-state index is 0.0715. The van der Waals surface area contributed by atoms with Gasteiger partial charge in [-0.3, -0.25) is 9.59 Å². The molecule has 1 aliphatic rings. The van der Waals surface area contributed by atoms with Gasteiger partial charge in [0.15, 0.2) is 8.32 Å². The molecule has 0 spiro atoms. The summed E-state index contributed by atoms with van der Waals surface area (Å²) >= 11 is 0. The molecular formula is C27H50O4Si. The van der Waals surface area contributed by atoms with Crippen molar-refractivity contribution in [1.82, 2.24) is 0 Å². The number of carboxylic acids is 1. The Balaban J connectivity index is 2.69. The molecule has 0 aromatic heterocycles. The van der Waals surface area contributed by atoms with E-state index in [1.165, 1.54) is 24.8 Å². The van der Waals surface area contributed by atoms with Crippen molar-refractivity contribution in [2.75, 3.05) is 0 Å². The van der Waals surface area contributed by atoms with Crippen LogP contribution >= 0.6 is 0 Å². The molecule has 0 saturated carbocycles. The molecule has 0 saturated heterocycles. The zero-order valence-electron chi connectivity index (χ0n) is 22.0. The molecule has 0 fully saturated rings. The fourth-order valence-electron chi connectivity index (χ4n) is 4.48. The van der Waals surface area contributed by atoms with Crippen molar-refractivity contribution in [3.8, 4) is 0 Å². The first-order valence-corrected chi connectivity index (χ1v) is 15.9. The van der Waals surface area contributed by atoms with Gasteiger partial charge in [0.05, 0.1) is 5.60 Å². The number of carboxylic acid groups (broad SMARTS) is 1. The number of hydrogen-bond acceptors (Lipinski definition) is 3. The molecule has 1 rings (SSSR count). The van der Waals surface area contributed by atoms with Crippen LogP contribution in [0.15, 0.2) is 11.6 Å². The molecule has 0 aromatic rings. The van der Waals surface area contributed by atoms with Crippen molar-refractivity contribution in [2.24, 2.45) is 5.92 Å². The molecule has 0 aromatic carbocycles. The van der Waals surface area contributed by atoms with E-state index in [9.17, 15) is 9.59 Å². The summed E-state index contributed by atoms with van der Waals surface area (Å²) in [5.41, 5.74) is 1.19. The van der Waals surface area contributed by atoms with Gasteiger partial charge in [0.2, 0.25) is 0 Å². The highest BCUT2D eigenvalue weighted by Crippen LogP contribution is 2.42. The summed E-state index contributed by atoms with van der Waals surface area (Å²) in [4.78, 5) is 23.2. The van der Waals surface area contributed by atoms with Crippen molar-refractivity contribution < 1.29 is 19.1 Å². The van der Waals surface area contributed by atoms with Gasteiger partial charge >= 0.3 is 5.97 Å². The number of allylic oxidation sites excluding steroid dienone is 2. The van der Waals surface area contributed by atoms with Crippen LogP contribution in [-0.4, -0.2) is 30.8 Å². The van der Waals surface area contributed by atoms with E-state index in [2.05, 4.69) is 53.8 Å². The van der Waals surface area contributed by atoms with Crippen molar-refractivity contribution in [3.05, 3.63) is 11.6 Å². The highest BCUT2D eigenvalue weighted by atomic mass is 28.4. The van der Waals surface area contributed by atoms with Gasteiger partial charge in [0, 0.05) is 18.8 Å². The van der Waals surface area contributed by atoms with E-state index in [1.54, 1.807) is 0 Å². The molecule has 0 heterocycles. The van der Waals surface area contributed by atoms with Crippen LogP contribution in [0.2, 0.25) is 18.1 Å². The quantitative estimate of drug-likeness (QED) is 0.142. The molecule has 1 aliphatic carbocycles. The highest BCUT2D eigenvalue weighted by Gasteiger charge is 2.43. The van der Waals surface area contributed by atoms with Crippen LogP contribution in [0.4, 0.5) is 0 Å². The lowest BCUT2D eigenvalue weighted by molar-refractivity contribution is -0.137. The lowest BCUT2D eigenvalue weighted by Gasteiger charge is -2.45. The lowest BCUT2D eigenvalue weighted by Crippen LogP contribution is -2.48. The maximum atomic E-state index is 12.5. The number of unbranched alkanes of at least 4 members (excludes halogenated alkanes) is 5. The summed E-state index contributed by atoms with van der Waals surface area (Å²) in [6, 6.07) is 0. The minimum Gasteiger partial charge on any atom is -0.481 e. The summed E-state index contributed by atoms with van der Waals surface area (Å²) in [6.45, 7) is 16.1. The molecule has 1 N–H and O–H groups in total. The third-order valence-electron chi connectivity index (χ3n) is 7.59. The molecule has 0 amide bonds. The number of ketones is 1. The summed E-state index contributed by atoms with van der Waals surface area (Å²) in [5.74, 6) is -0.283. The lowest BCUT2D eigenvalue weighted by atomic mass is 9.86. The van der Waals surface area contributed by atoms with Crippen molar-refractivity contribution in [1.29, 1.82) is 0 Å². The highest BCUT2D eigenvalue weighted by molar-refractivity contribution is 6.74. The number of carbonyl (C=O) groups is 2. The Kier molecular flexibility index (Phi) is 11.9. The van der Waals surface area contributed by atoms with Crippen LogP contribution in [0.25, 0.3) is 0 Å². The van der Waals surface area contributed by atoms with Crippen molar-refractivity contribution >= 4 is 20.1 Å². The van der Waals surface area contributed by atoms with Gasteiger partial charge in [-0.2, -0.15) is 0 Å². The van der Waals surface area contributed by atoms with E-state index < -0.39 is 14.3 Å². The topological polar surface area (TPSA) is 63.6 Å². The van der Waals surface area contributed by atoms with Crippen molar-refractivity contribution in [3.63, 3.8) is 0 Å². The molecule has 2 atom stereocenters. The second-order valence-electron chi connectivity index (χ2n) is 11.6. The predicted molar refractivity (Wildman–Crippen MR) is 137 cm³/mol. The van der Waals surface area contributed by atoms with Gasteiger partial charge in [-0.25, -0.2) is 0 Å². The third-order valence-corrected chi connectivity index (χ3v) is 12.2. The van der Waals surface area contributed by atoms with Crippen LogP contribution < -0.4 is 0 Å². The average molecular weight is 467 g/mol. The standard InChI is InChI=1S/C27H50O4Si/c1-8-9-14-20-27(5,31-32(6,7)26(2,3)4)21-19-22-17-18-24(28)23(22)15-12-10-11-13-16-25(29)30/h17,23H,8-16,18-21H2,1-7H3,(H,29,30)/t23-,27?/m1/s1. The number of rotatable bonds is 16. The van der Waals surface area contributed by atoms with Crippen LogP contribution in [0.5, 0.6) is 0 Å². The molecule has 186 valence electrons. The van der Waals surface area contributed by atoms with E-state index in [4.69, 9.17) is 9.53 Å². The fraction of sp³-hybridized carbons (Fsp3) is 0.852. The summed E-state index contributed by atoms with van der Waals surface area (Å²) in [6.07, 6.45) is 14.3. The van der Waals surface area contributed by atoms with Gasteiger partial charge < -0.3 is 9.53 Å². The fourth-order valence-corrected chi connectivity index (χ4v) is 6.22. The van der Waals surface area contributed by atoms with Gasteiger partial charge in [0.25, 0.3) is 0 Å². The summed E-state index contributed by atoms with van der Waals surface area (Å²) < 4.78 is 6.98. The van der Waals surface area contributed by atoms with Gasteiger partial charge in [-0.1, -0.05) is 77.9 Å².